The van der Waals surface area contributed by atoms with Gasteiger partial charge in [-0.15, -0.1) is 11.3 Å². The van der Waals surface area contributed by atoms with Gasteiger partial charge in [-0.25, -0.2) is 9.97 Å². The van der Waals surface area contributed by atoms with Crippen LogP contribution in [0.4, 0.5) is 0 Å². The van der Waals surface area contributed by atoms with Crippen LogP contribution in [0.25, 0.3) is 10.7 Å². The van der Waals surface area contributed by atoms with Gasteiger partial charge in [0.25, 0.3) is 0 Å². The van der Waals surface area contributed by atoms with Crippen LogP contribution in [0.2, 0.25) is 0 Å². The van der Waals surface area contributed by atoms with Crippen LogP contribution in [-0.2, 0) is 13.0 Å². The molecule has 0 bridgehead atoms. The highest BCUT2D eigenvalue weighted by Crippen LogP contribution is 2.28. The van der Waals surface area contributed by atoms with E-state index >= 15 is 0 Å². The lowest BCUT2D eigenvalue weighted by atomic mass is 10.1. The number of aryl methyl sites for hydroxylation is 1. The van der Waals surface area contributed by atoms with E-state index in [9.17, 15) is 0 Å². The summed E-state index contributed by atoms with van der Waals surface area (Å²) in [5, 5.41) is 6.12. The van der Waals surface area contributed by atoms with E-state index < -0.39 is 0 Å². The summed E-state index contributed by atoms with van der Waals surface area (Å²) in [7, 11) is 0. The average molecular weight is 327 g/mol. The van der Waals surface area contributed by atoms with Crippen LogP contribution in [0.15, 0.2) is 28.2 Å². The lowest BCUT2D eigenvalue weighted by Crippen LogP contribution is -2.34. The Morgan fingerprint density at radius 2 is 2.26 bits per heavy atom. The molecule has 1 aliphatic rings. The SMILES string of the molecule is Cc1ncc2c(n1)CN([C@H](C)c1nc(-c3cccs3)no1)CC2. The van der Waals surface area contributed by atoms with Gasteiger partial charge in [0.2, 0.25) is 11.7 Å². The third-order valence-electron chi connectivity index (χ3n) is 4.18. The molecule has 0 saturated heterocycles. The molecule has 0 aliphatic carbocycles. The third kappa shape index (κ3) is 2.77. The maximum atomic E-state index is 5.49. The number of hydrogen-bond donors (Lipinski definition) is 0. The van der Waals surface area contributed by atoms with Gasteiger partial charge in [-0.2, -0.15) is 4.98 Å². The van der Waals surface area contributed by atoms with Crippen molar-refractivity contribution in [1.82, 2.24) is 25.0 Å². The Bertz CT molecular complexity index is 814. The van der Waals surface area contributed by atoms with Crippen LogP contribution in [0, 0.1) is 6.92 Å². The smallest absolute Gasteiger partial charge is 0.244 e. The summed E-state index contributed by atoms with van der Waals surface area (Å²) in [6, 6.07) is 4.06. The Morgan fingerprint density at radius 3 is 3.09 bits per heavy atom. The van der Waals surface area contributed by atoms with Crippen molar-refractivity contribution in [3.63, 3.8) is 0 Å². The molecule has 7 heteroatoms. The average Bonchev–Trinajstić information content (AvgIpc) is 3.24. The molecule has 3 aromatic heterocycles. The molecule has 6 nitrogen and oxygen atoms in total. The van der Waals surface area contributed by atoms with Crippen molar-refractivity contribution < 1.29 is 4.52 Å². The van der Waals surface area contributed by atoms with Gasteiger partial charge in [0.1, 0.15) is 5.82 Å². The number of aromatic nitrogens is 4. The highest BCUT2D eigenvalue weighted by molar-refractivity contribution is 7.13. The first-order chi connectivity index (χ1) is 11.2. The van der Waals surface area contributed by atoms with E-state index in [1.165, 1.54) is 5.56 Å². The van der Waals surface area contributed by atoms with Gasteiger partial charge >= 0.3 is 0 Å². The second kappa shape index (κ2) is 5.82. The van der Waals surface area contributed by atoms with Crippen LogP contribution >= 0.6 is 11.3 Å². The molecule has 0 saturated carbocycles. The molecule has 0 N–H and O–H groups in total. The molecule has 4 heterocycles. The van der Waals surface area contributed by atoms with Crippen LogP contribution in [0.3, 0.4) is 0 Å². The van der Waals surface area contributed by atoms with Crippen LogP contribution in [0.1, 0.15) is 35.9 Å². The zero-order chi connectivity index (χ0) is 15.8. The molecular weight excluding hydrogens is 310 g/mol. The van der Waals surface area contributed by atoms with Crippen molar-refractivity contribution in [2.45, 2.75) is 32.9 Å². The molecule has 0 aromatic carbocycles. The molecule has 1 atom stereocenters. The van der Waals surface area contributed by atoms with Crippen molar-refractivity contribution in [2.24, 2.45) is 0 Å². The second-order valence-electron chi connectivity index (χ2n) is 5.72. The lowest BCUT2D eigenvalue weighted by Gasteiger charge is -2.30. The Balaban J connectivity index is 1.55. The summed E-state index contributed by atoms with van der Waals surface area (Å²) in [6.07, 6.45) is 2.90. The molecule has 0 amide bonds. The van der Waals surface area contributed by atoms with E-state index in [1.807, 2.05) is 30.6 Å². The summed E-state index contributed by atoms with van der Waals surface area (Å²) >= 11 is 1.61. The zero-order valence-corrected chi connectivity index (χ0v) is 13.9. The maximum absolute atomic E-state index is 5.49. The summed E-state index contributed by atoms with van der Waals surface area (Å²) in [4.78, 5) is 16.8. The van der Waals surface area contributed by atoms with Crippen LogP contribution < -0.4 is 0 Å². The van der Waals surface area contributed by atoms with E-state index in [0.717, 1.165) is 35.9 Å². The summed E-state index contributed by atoms with van der Waals surface area (Å²) < 4.78 is 5.49. The molecule has 0 radical (unpaired) electrons. The first kappa shape index (κ1) is 14.5. The summed E-state index contributed by atoms with van der Waals surface area (Å²) in [5.74, 6) is 2.14. The monoisotopic (exact) mass is 327 g/mol. The molecule has 0 spiro atoms. The number of rotatable bonds is 3. The van der Waals surface area contributed by atoms with Gasteiger partial charge in [0.05, 0.1) is 16.6 Å². The van der Waals surface area contributed by atoms with Gasteiger partial charge in [-0.1, -0.05) is 11.2 Å². The van der Waals surface area contributed by atoms with Gasteiger partial charge in [0, 0.05) is 19.3 Å². The van der Waals surface area contributed by atoms with Crippen molar-refractivity contribution >= 4 is 11.3 Å². The quantitative estimate of drug-likeness (QED) is 0.736. The van der Waals surface area contributed by atoms with E-state index in [0.29, 0.717) is 11.7 Å². The fourth-order valence-electron chi connectivity index (χ4n) is 2.82. The Hall–Kier alpha value is -2.12. The highest BCUT2D eigenvalue weighted by atomic mass is 32.1. The predicted molar refractivity (Wildman–Crippen MR) is 86.9 cm³/mol. The maximum Gasteiger partial charge on any atom is 0.244 e. The molecule has 118 valence electrons. The standard InChI is InChI=1S/C16H17N5OS/c1-10(16-19-15(20-22-16)14-4-3-7-23-14)21-6-5-12-8-17-11(2)18-13(12)9-21/h3-4,7-8,10H,5-6,9H2,1-2H3/t10-/m1/s1. The normalized spacial score (nSPS) is 16.3. The fraction of sp³-hybridized carbons (Fsp3) is 0.375. The molecule has 0 unspecified atom stereocenters. The first-order valence-corrected chi connectivity index (χ1v) is 8.51. The molecule has 3 aromatic rings. The Labute approximate surface area is 138 Å². The largest absolute Gasteiger partial charge is 0.337 e. The van der Waals surface area contributed by atoms with Crippen molar-refractivity contribution in [3.05, 3.63) is 46.7 Å². The minimum atomic E-state index is 0.0691. The van der Waals surface area contributed by atoms with E-state index in [4.69, 9.17) is 4.52 Å². The van der Waals surface area contributed by atoms with Gasteiger partial charge in [0.15, 0.2) is 0 Å². The summed E-state index contributed by atoms with van der Waals surface area (Å²) in [6.45, 7) is 5.76. The molecule has 0 fully saturated rings. The first-order valence-electron chi connectivity index (χ1n) is 7.63. The number of thiophene rings is 1. The molecular formula is C16H17N5OS. The zero-order valence-electron chi connectivity index (χ0n) is 13.1. The van der Waals surface area contributed by atoms with Crippen LogP contribution in [-0.4, -0.2) is 31.6 Å². The van der Waals surface area contributed by atoms with E-state index in [1.54, 1.807) is 11.3 Å². The van der Waals surface area contributed by atoms with Gasteiger partial charge < -0.3 is 4.52 Å². The number of nitrogens with zero attached hydrogens (tertiary/aromatic N) is 5. The molecule has 1 aliphatic heterocycles. The second-order valence-corrected chi connectivity index (χ2v) is 6.67. The Kier molecular flexibility index (Phi) is 3.66. The Morgan fingerprint density at radius 1 is 1.35 bits per heavy atom. The predicted octanol–water partition coefficient (Wildman–Crippen LogP) is 3.02. The van der Waals surface area contributed by atoms with Gasteiger partial charge in [-0.05, 0) is 37.3 Å². The molecule has 4 rings (SSSR count). The van der Waals surface area contributed by atoms with Crippen LogP contribution in [0.5, 0.6) is 0 Å². The minimum Gasteiger partial charge on any atom is -0.337 e. The van der Waals surface area contributed by atoms with E-state index in [2.05, 4.69) is 31.9 Å². The fourth-order valence-corrected chi connectivity index (χ4v) is 3.47. The minimum absolute atomic E-state index is 0.0691. The van der Waals surface area contributed by atoms with Gasteiger partial charge in [-0.3, -0.25) is 4.90 Å². The lowest BCUT2D eigenvalue weighted by molar-refractivity contribution is 0.155. The van der Waals surface area contributed by atoms with Crippen molar-refractivity contribution in [3.8, 4) is 10.7 Å². The summed E-state index contributed by atoms with van der Waals surface area (Å²) in [5.41, 5.74) is 2.34. The third-order valence-corrected chi connectivity index (χ3v) is 5.05. The van der Waals surface area contributed by atoms with Crippen molar-refractivity contribution in [1.29, 1.82) is 0 Å². The highest BCUT2D eigenvalue weighted by Gasteiger charge is 2.26. The van der Waals surface area contributed by atoms with E-state index in [-0.39, 0.29) is 6.04 Å². The number of fused-ring (bicyclic) bond motifs is 1. The number of hydrogen-bond acceptors (Lipinski definition) is 7. The molecule has 23 heavy (non-hydrogen) atoms. The topological polar surface area (TPSA) is 67.9 Å². The van der Waals surface area contributed by atoms with Crippen molar-refractivity contribution in [2.75, 3.05) is 6.54 Å².